The van der Waals surface area contributed by atoms with Gasteiger partial charge in [-0.15, -0.1) is 6.58 Å². The molecule has 9 heteroatoms. The number of nitrogens with one attached hydrogen (secondary N) is 1. The summed E-state index contributed by atoms with van der Waals surface area (Å²) < 4.78 is 11.3. The van der Waals surface area contributed by atoms with Crippen molar-refractivity contribution in [2.75, 3.05) is 25.1 Å². The number of carbonyl (C=O) groups is 3. The number of carbonyl (C=O) groups excluding carboxylic acids is 3. The van der Waals surface area contributed by atoms with Gasteiger partial charge >= 0.3 is 0 Å². The summed E-state index contributed by atoms with van der Waals surface area (Å²) in [6.45, 7) is 5.57. The molecule has 7 nitrogen and oxygen atoms in total. The summed E-state index contributed by atoms with van der Waals surface area (Å²) in [6, 6.07) is 12.2. The third-order valence-electron chi connectivity index (χ3n) is 4.22. The average Bonchev–Trinajstić information content (AvgIpc) is 3.02. The summed E-state index contributed by atoms with van der Waals surface area (Å²) in [5.41, 5.74) is 1.21. The highest BCUT2D eigenvalue weighted by Crippen LogP contribution is 2.39. The van der Waals surface area contributed by atoms with E-state index in [-0.39, 0.29) is 40.0 Å². The second kappa shape index (κ2) is 10.9. The smallest absolute Gasteiger partial charge is 0.293 e. The van der Waals surface area contributed by atoms with Crippen molar-refractivity contribution < 1.29 is 23.9 Å². The monoisotopic (exact) mass is 472 g/mol. The van der Waals surface area contributed by atoms with E-state index in [9.17, 15) is 14.4 Å². The Labute approximate surface area is 195 Å². The van der Waals surface area contributed by atoms with Gasteiger partial charge < -0.3 is 14.8 Å². The summed E-state index contributed by atoms with van der Waals surface area (Å²) >= 11 is 7.24. The van der Waals surface area contributed by atoms with E-state index in [4.69, 9.17) is 21.1 Å². The first-order valence-electron chi connectivity index (χ1n) is 9.73. The van der Waals surface area contributed by atoms with Gasteiger partial charge in [-0.1, -0.05) is 35.9 Å². The van der Waals surface area contributed by atoms with Gasteiger partial charge in [0, 0.05) is 12.2 Å². The Morgan fingerprint density at radius 3 is 2.66 bits per heavy atom. The van der Waals surface area contributed by atoms with E-state index in [0.717, 1.165) is 16.7 Å². The van der Waals surface area contributed by atoms with E-state index >= 15 is 0 Å². The highest BCUT2D eigenvalue weighted by Gasteiger charge is 2.34. The number of amides is 3. The van der Waals surface area contributed by atoms with Crippen LogP contribution in [0.4, 0.5) is 10.5 Å². The minimum absolute atomic E-state index is 0.144. The van der Waals surface area contributed by atoms with Crippen LogP contribution in [-0.2, 0) is 9.59 Å². The van der Waals surface area contributed by atoms with Crippen molar-refractivity contribution >= 4 is 52.2 Å². The van der Waals surface area contributed by atoms with Gasteiger partial charge in [-0.25, -0.2) is 0 Å². The number of halogens is 1. The number of anilines is 1. The first-order valence-corrected chi connectivity index (χ1v) is 10.9. The van der Waals surface area contributed by atoms with Gasteiger partial charge in [0.2, 0.25) is 0 Å². The molecule has 0 aliphatic carbocycles. The first-order chi connectivity index (χ1) is 15.4. The zero-order valence-corrected chi connectivity index (χ0v) is 18.9. The minimum Gasteiger partial charge on any atom is -0.490 e. The molecule has 2 aromatic carbocycles. The Balaban J connectivity index is 1.77. The summed E-state index contributed by atoms with van der Waals surface area (Å²) in [7, 11) is 0. The maximum Gasteiger partial charge on any atom is 0.293 e. The number of hydrogen-bond acceptors (Lipinski definition) is 6. The van der Waals surface area contributed by atoms with Crippen LogP contribution in [0.15, 0.2) is 60.0 Å². The van der Waals surface area contributed by atoms with Crippen LogP contribution in [0.2, 0.25) is 5.02 Å². The molecule has 1 N–H and O–H groups in total. The fraction of sp³-hybridized carbons (Fsp3) is 0.174. The van der Waals surface area contributed by atoms with Gasteiger partial charge in [-0.2, -0.15) is 0 Å². The van der Waals surface area contributed by atoms with Crippen LogP contribution < -0.4 is 14.8 Å². The Kier molecular flexibility index (Phi) is 7.97. The quantitative estimate of drug-likeness (QED) is 0.409. The second-order valence-corrected chi connectivity index (χ2v) is 7.95. The van der Waals surface area contributed by atoms with Gasteiger partial charge in [-0.3, -0.25) is 19.3 Å². The average molecular weight is 473 g/mol. The summed E-state index contributed by atoms with van der Waals surface area (Å²) in [4.78, 5) is 38.0. The van der Waals surface area contributed by atoms with E-state index in [0.29, 0.717) is 23.6 Å². The van der Waals surface area contributed by atoms with Gasteiger partial charge in [0.15, 0.2) is 18.1 Å². The maximum absolute atomic E-state index is 12.4. The molecule has 1 heterocycles. The number of para-hydroxylation sites is 1. The van der Waals surface area contributed by atoms with Gasteiger partial charge in [0.05, 0.1) is 16.5 Å². The predicted octanol–water partition coefficient (Wildman–Crippen LogP) is 4.98. The van der Waals surface area contributed by atoms with E-state index in [2.05, 4.69) is 11.9 Å². The third-order valence-corrected chi connectivity index (χ3v) is 5.41. The van der Waals surface area contributed by atoms with Crippen molar-refractivity contribution in [1.29, 1.82) is 0 Å². The van der Waals surface area contributed by atoms with Crippen LogP contribution in [0.1, 0.15) is 12.5 Å². The van der Waals surface area contributed by atoms with E-state index in [1.807, 2.05) is 18.2 Å². The van der Waals surface area contributed by atoms with Crippen molar-refractivity contribution in [1.82, 2.24) is 4.90 Å². The molecule has 1 saturated heterocycles. The SMILES string of the molecule is C=CCN1C(=O)S/C(=C/c2cc(Cl)c(OCC(=O)Nc3ccccc3)c(OCC)c2)C1=O. The van der Waals surface area contributed by atoms with Crippen LogP contribution in [0.3, 0.4) is 0 Å². The normalized spacial score (nSPS) is 14.6. The molecule has 1 fully saturated rings. The van der Waals surface area contributed by atoms with Gasteiger partial charge in [0.1, 0.15) is 0 Å². The first kappa shape index (κ1) is 23.4. The topological polar surface area (TPSA) is 84.9 Å². The van der Waals surface area contributed by atoms with Crippen molar-refractivity contribution in [3.63, 3.8) is 0 Å². The van der Waals surface area contributed by atoms with Crippen LogP contribution >= 0.6 is 23.4 Å². The largest absolute Gasteiger partial charge is 0.490 e. The number of benzene rings is 2. The minimum atomic E-state index is -0.396. The molecule has 0 aromatic heterocycles. The van der Waals surface area contributed by atoms with Crippen LogP contribution in [0.5, 0.6) is 11.5 Å². The number of thioether (sulfide) groups is 1. The predicted molar refractivity (Wildman–Crippen MR) is 126 cm³/mol. The summed E-state index contributed by atoms with van der Waals surface area (Å²) in [6.07, 6.45) is 3.05. The fourth-order valence-electron chi connectivity index (χ4n) is 2.87. The lowest BCUT2D eigenvalue weighted by Gasteiger charge is -2.14. The molecule has 1 aliphatic rings. The lowest BCUT2D eigenvalue weighted by molar-refractivity contribution is -0.122. The number of nitrogens with zero attached hydrogens (tertiary/aromatic N) is 1. The number of hydrogen-bond donors (Lipinski definition) is 1. The Morgan fingerprint density at radius 2 is 1.97 bits per heavy atom. The van der Waals surface area contributed by atoms with Crippen molar-refractivity contribution in [2.24, 2.45) is 0 Å². The van der Waals surface area contributed by atoms with Gasteiger partial charge in [-0.05, 0) is 54.6 Å². The van der Waals surface area contributed by atoms with Gasteiger partial charge in [0.25, 0.3) is 17.1 Å². The van der Waals surface area contributed by atoms with E-state index in [1.54, 1.807) is 37.3 Å². The van der Waals surface area contributed by atoms with Crippen LogP contribution in [0, 0.1) is 0 Å². The Hall–Kier alpha value is -3.23. The molecule has 0 radical (unpaired) electrons. The molecule has 32 heavy (non-hydrogen) atoms. The molecular weight excluding hydrogens is 452 g/mol. The molecule has 3 amide bonds. The summed E-state index contributed by atoms with van der Waals surface area (Å²) in [5.74, 6) is -0.209. The van der Waals surface area contributed by atoms with Crippen molar-refractivity contribution in [3.8, 4) is 11.5 Å². The molecule has 1 aliphatic heterocycles. The standard InChI is InChI=1S/C23H21ClN2O5S/c1-3-10-26-22(28)19(32-23(26)29)13-15-11-17(24)21(18(12-15)30-4-2)31-14-20(27)25-16-8-6-5-7-9-16/h3,5-9,11-13H,1,4,10,14H2,2H3,(H,25,27)/b19-13+. The van der Waals surface area contributed by atoms with E-state index < -0.39 is 5.91 Å². The summed E-state index contributed by atoms with van der Waals surface area (Å²) in [5, 5.41) is 2.57. The molecule has 2 aromatic rings. The Bertz CT molecular complexity index is 1070. The molecule has 166 valence electrons. The van der Waals surface area contributed by atoms with E-state index in [1.165, 1.54) is 6.08 Å². The molecule has 0 atom stereocenters. The van der Waals surface area contributed by atoms with Crippen molar-refractivity contribution in [2.45, 2.75) is 6.92 Å². The second-order valence-electron chi connectivity index (χ2n) is 6.55. The lowest BCUT2D eigenvalue weighted by Crippen LogP contribution is -2.27. The lowest BCUT2D eigenvalue weighted by atomic mass is 10.1. The molecule has 3 rings (SSSR count). The zero-order chi connectivity index (χ0) is 23.1. The molecule has 0 unspecified atom stereocenters. The maximum atomic E-state index is 12.4. The number of rotatable bonds is 9. The molecular formula is C23H21ClN2O5S. The molecule has 0 bridgehead atoms. The number of imide groups is 1. The zero-order valence-electron chi connectivity index (χ0n) is 17.3. The highest BCUT2D eigenvalue weighted by atomic mass is 35.5. The highest BCUT2D eigenvalue weighted by molar-refractivity contribution is 8.18. The Morgan fingerprint density at radius 1 is 1.22 bits per heavy atom. The third kappa shape index (κ3) is 5.72. The van der Waals surface area contributed by atoms with Crippen LogP contribution in [-0.4, -0.2) is 41.7 Å². The van der Waals surface area contributed by atoms with Crippen molar-refractivity contribution in [3.05, 3.63) is 70.6 Å². The van der Waals surface area contributed by atoms with Crippen LogP contribution in [0.25, 0.3) is 6.08 Å². The molecule has 0 spiro atoms. The molecule has 0 saturated carbocycles. The number of ether oxygens (including phenoxy) is 2. The fourth-order valence-corrected chi connectivity index (χ4v) is 3.99.